The second kappa shape index (κ2) is 5.76. The van der Waals surface area contributed by atoms with Crippen LogP contribution in [0.25, 0.3) is 0 Å². The molecule has 3 rings (SSSR count). The van der Waals surface area contributed by atoms with Gasteiger partial charge in [-0.3, -0.25) is 14.3 Å². The molecule has 1 aromatic carbocycles. The molecule has 0 radical (unpaired) electrons. The lowest BCUT2D eigenvalue weighted by atomic mass is 9.99. The third kappa shape index (κ3) is 2.49. The number of rotatable bonds is 3. The predicted molar refractivity (Wildman–Crippen MR) is 85.7 cm³/mol. The number of H-pyrrole nitrogens is 1. The topological polar surface area (TPSA) is 129 Å². The fraction of sp³-hybridized carbons (Fsp3) is 0.267. The summed E-state index contributed by atoms with van der Waals surface area (Å²) in [4.78, 5) is 25.6. The number of benzene rings is 1. The van der Waals surface area contributed by atoms with E-state index < -0.39 is 17.1 Å². The third-order valence-corrected chi connectivity index (χ3v) is 3.94. The van der Waals surface area contributed by atoms with Crippen molar-refractivity contribution in [3.8, 4) is 17.4 Å². The zero-order chi connectivity index (χ0) is 17.4. The van der Waals surface area contributed by atoms with Crippen LogP contribution in [0.5, 0.6) is 17.4 Å². The third-order valence-electron chi connectivity index (χ3n) is 3.94. The molecule has 0 bridgehead atoms. The molecule has 0 unspecified atom stereocenters. The van der Waals surface area contributed by atoms with Crippen LogP contribution in [-0.2, 0) is 7.05 Å². The lowest BCUT2D eigenvalue weighted by Crippen LogP contribution is -2.32. The SMILES string of the molecule is COc1cc([C@@H]2CC(c3c(O)n(C)c(=O)[nH]c3=O)=NN2)ccc1O. The maximum absolute atomic E-state index is 12.0. The molecule has 24 heavy (non-hydrogen) atoms. The largest absolute Gasteiger partial charge is 0.504 e. The second-order valence-corrected chi connectivity index (χ2v) is 5.39. The second-order valence-electron chi connectivity index (χ2n) is 5.39. The molecule has 1 atom stereocenters. The van der Waals surface area contributed by atoms with Crippen LogP contribution in [0.2, 0.25) is 0 Å². The first-order valence-corrected chi connectivity index (χ1v) is 7.14. The number of aromatic hydroxyl groups is 2. The summed E-state index contributed by atoms with van der Waals surface area (Å²) < 4.78 is 6.02. The predicted octanol–water partition coefficient (Wildman–Crippen LogP) is -0.0679. The van der Waals surface area contributed by atoms with Gasteiger partial charge in [-0.05, 0) is 17.7 Å². The minimum Gasteiger partial charge on any atom is -0.504 e. The number of nitrogens with zero attached hydrogens (tertiary/aromatic N) is 2. The lowest BCUT2D eigenvalue weighted by molar-refractivity contribution is 0.372. The highest BCUT2D eigenvalue weighted by Crippen LogP contribution is 2.32. The Morgan fingerprint density at radius 1 is 1.33 bits per heavy atom. The number of nitrogens with one attached hydrogen (secondary N) is 2. The Morgan fingerprint density at radius 3 is 2.79 bits per heavy atom. The highest BCUT2D eigenvalue weighted by atomic mass is 16.5. The van der Waals surface area contributed by atoms with E-state index in [1.54, 1.807) is 12.1 Å². The lowest BCUT2D eigenvalue weighted by Gasteiger charge is -2.12. The summed E-state index contributed by atoms with van der Waals surface area (Å²) in [6.45, 7) is 0. The van der Waals surface area contributed by atoms with Crippen LogP contribution >= 0.6 is 0 Å². The molecular formula is C15H16N4O5. The van der Waals surface area contributed by atoms with Crippen LogP contribution in [-0.4, -0.2) is 32.6 Å². The first kappa shape index (κ1) is 15.7. The zero-order valence-electron chi connectivity index (χ0n) is 13.0. The molecule has 9 heteroatoms. The maximum atomic E-state index is 12.0. The van der Waals surface area contributed by atoms with Crippen molar-refractivity contribution in [2.75, 3.05) is 7.11 Å². The molecule has 0 saturated heterocycles. The van der Waals surface area contributed by atoms with Crippen LogP contribution in [0.15, 0.2) is 32.9 Å². The fourth-order valence-corrected chi connectivity index (χ4v) is 2.57. The molecule has 2 aromatic rings. The molecule has 0 saturated carbocycles. The van der Waals surface area contributed by atoms with Crippen LogP contribution in [0.3, 0.4) is 0 Å². The Kier molecular flexibility index (Phi) is 3.76. The van der Waals surface area contributed by atoms with Crippen LogP contribution in [0.4, 0.5) is 0 Å². The molecule has 0 amide bonds. The number of aromatic amines is 1. The van der Waals surface area contributed by atoms with Gasteiger partial charge in [0.15, 0.2) is 11.5 Å². The van der Waals surface area contributed by atoms with E-state index in [0.29, 0.717) is 17.9 Å². The molecular weight excluding hydrogens is 316 g/mol. The quantitative estimate of drug-likeness (QED) is 0.623. The van der Waals surface area contributed by atoms with Gasteiger partial charge >= 0.3 is 5.69 Å². The van der Waals surface area contributed by atoms with E-state index in [2.05, 4.69) is 15.5 Å². The number of aromatic nitrogens is 2. The monoisotopic (exact) mass is 332 g/mol. The molecule has 1 aliphatic rings. The normalized spacial score (nSPS) is 16.6. The molecule has 9 nitrogen and oxygen atoms in total. The highest BCUT2D eigenvalue weighted by molar-refractivity contribution is 6.03. The molecule has 0 aliphatic carbocycles. The van der Waals surface area contributed by atoms with Crippen molar-refractivity contribution in [2.45, 2.75) is 12.5 Å². The summed E-state index contributed by atoms with van der Waals surface area (Å²) >= 11 is 0. The molecule has 0 spiro atoms. The van der Waals surface area contributed by atoms with Gasteiger partial charge in [-0.2, -0.15) is 5.10 Å². The number of hydrogen-bond donors (Lipinski definition) is 4. The van der Waals surface area contributed by atoms with Crippen molar-refractivity contribution in [3.05, 3.63) is 50.2 Å². The smallest absolute Gasteiger partial charge is 0.330 e. The summed E-state index contributed by atoms with van der Waals surface area (Å²) in [6, 6.07) is 4.62. The minimum atomic E-state index is -0.701. The molecule has 2 heterocycles. The van der Waals surface area contributed by atoms with Gasteiger partial charge in [0, 0.05) is 13.5 Å². The number of phenolic OH excluding ortho intramolecular Hbond substituents is 1. The van der Waals surface area contributed by atoms with Gasteiger partial charge in [-0.15, -0.1) is 0 Å². The Labute approximate surface area is 135 Å². The Morgan fingerprint density at radius 2 is 2.08 bits per heavy atom. The average Bonchev–Trinajstić information content (AvgIpc) is 3.03. The zero-order valence-corrected chi connectivity index (χ0v) is 13.0. The van der Waals surface area contributed by atoms with Crippen molar-refractivity contribution in [1.29, 1.82) is 0 Å². The Balaban J connectivity index is 1.93. The number of methoxy groups -OCH3 is 1. The van der Waals surface area contributed by atoms with Crippen molar-refractivity contribution in [3.63, 3.8) is 0 Å². The van der Waals surface area contributed by atoms with E-state index in [4.69, 9.17) is 4.74 Å². The number of hydrazone groups is 1. The summed E-state index contributed by atoms with van der Waals surface area (Å²) in [7, 11) is 2.80. The van der Waals surface area contributed by atoms with Gasteiger partial charge in [0.25, 0.3) is 5.56 Å². The summed E-state index contributed by atoms with van der Waals surface area (Å²) in [5.74, 6) is -0.0914. The van der Waals surface area contributed by atoms with Gasteiger partial charge in [-0.1, -0.05) is 6.07 Å². The highest BCUT2D eigenvalue weighted by Gasteiger charge is 2.27. The van der Waals surface area contributed by atoms with E-state index in [1.807, 2.05) is 0 Å². The number of phenols is 1. The van der Waals surface area contributed by atoms with Gasteiger partial charge < -0.3 is 20.4 Å². The van der Waals surface area contributed by atoms with Gasteiger partial charge in [0.1, 0.15) is 5.56 Å². The number of ether oxygens (including phenoxy) is 1. The van der Waals surface area contributed by atoms with E-state index >= 15 is 0 Å². The molecule has 126 valence electrons. The van der Waals surface area contributed by atoms with E-state index in [1.165, 1.54) is 20.2 Å². The first-order valence-electron chi connectivity index (χ1n) is 7.14. The van der Waals surface area contributed by atoms with Crippen molar-refractivity contribution >= 4 is 5.71 Å². The average molecular weight is 332 g/mol. The molecule has 4 N–H and O–H groups in total. The molecule has 0 fully saturated rings. The minimum absolute atomic E-state index is 0.0209. The van der Waals surface area contributed by atoms with Crippen molar-refractivity contribution < 1.29 is 14.9 Å². The van der Waals surface area contributed by atoms with Crippen LogP contribution in [0, 0.1) is 0 Å². The van der Waals surface area contributed by atoms with Crippen LogP contribution < -0.4 is 21.4 Å². The standard InChI is InChI=1S/C15H16N4O5/c1-19-14(22)12(13(21)16-15(19)23)9-6-8(17-18-9)7-3-4-10(20)11(5-7)24-2/h3-5,8,17,20,22H,6H2,1-2H3,(H,16,21,23)/t8-/m0/s1. The van der Waals surface area contributed by atoms with E-state index in [9.17, 15) is 19.8 Å². The van der Waals surface area contributed by atoms with Crippen LogP contribution in [0.1, 0.15) is 23.6 Å². The maximum Gasteiger partial charge on any atom is 0.330 e. The van der Waals surface area contributed by atoms with E-state index in [0.717, 1.165) is 10.1 Å². The summed E-state index contributed by atoms with van der Waals surface area (Å²) in [5.41, 5.74) is 2.57. The first-order chi connectivity index (χ1) is 11.4. The van der Waals surface area contributed by atoms with Crippen molar-refractivity contribution in [2.24, 2.45) is 12.1 Å². The number of hydrogen-bond acceptors (Lipinski definition) is 7. The summed E-state index contributed by atoms with van der Waals surface area (Å²) in [6.07, 6.45) is 0.322. The van der Waals surface area contributed by atoms with Gasteiger partial charge in [0.05, 0.1) is 18.9 Å². The molecule has 1 aliphatic heterocycles. The van der Waals surface area contributed by atoms with Gasteiger partial charge in [-0.25, -0.2) is 4.79 Å². The van der Waals surface area contributed by atoms with Crippen molar-refractivity contribution in [1.82, 2.24) is 15.0 Å². The Bertz CT molecular complexity index is 944. The Hall–Kier alpha value is -3.23. The van der Waals surface area contributed by atoms with E-state index in [-0.39, 0.29) is 17.4 Å². The van der Waals surface area contributed by atoms with Gasteiger partial charge in [0.2, 0.25) is 5.88 Å². The summed E-state index contributed by atoms with van der Waals surface area (Å²) in [5, 5.41) is 23.8. The molecule has 1 aromatic heterocycles. The fourth-order valence-electron chi connectivity index (χ4n) is 2.57.